The molecule has 0 aliphatic carbocycles. The Morgan fingerprint density at radius 2 is 1.32 bits per heavy atom. The molecule has 4 rings (SSSR count). The lowest BCUT2D eigenvalue weighted by molar-refractivity contribution is 0.481. The van der Waals surface area contributed by atoms with Crippen molar-refractivity contribution >= 4 is 21.7 Å². The van der Waals surface area contributed by atoms with Gasteiger partial charge in [-0.1, -0.05) is 62.0 Å². The summed E-state index contributed by atoms with van der Waals surface area (Å²) in [4.78, 5) is 3.12. The van der Waals surface area contributed by atoms with Crippen molar-refractivity contribution in [3.63, 3.8) is 0 Å². The smallest absolute Gasteiger partial charge is 0.123 e. The summed E-state index contributed by atoms with van der Waals surface area (Å²) in [5.41, 5.74) is 1.21. The number of hydrogen-bond acceptors (Lipinski definition) is 2. The molecule has 0 fully saturated rings. The van der Waals surface area contributed by atoms with Gasteiger partial charge in [0.25, 0.3) is 0 Å². The number of benzene rings is 3. The van der Waals surface area contributed by atoms with Crippen LogP contribution in [0.2, 0.25) is 0 Å². The standard InChI is InChI=1S/C10H8O.C8H7N.CH4.H3N/c11-10-7-3-5-8-4-1-2-6-9(8)10;1-2-4-8-7(3-1)5-6-9-8;;/h1-7,11H;1-6,9H;1H4;1H3. The van der Waals surface area contributed by atoms with Gasteiger partial charge in [0.15, 0.2) is 0 Å². The van der Waals surface area contributed by atoms with E-state index in [1.54, 1.807) is 6.07 Å². The van der Waals surface area contributed by atoms with Crippen molar-refractivity contribution in [3.8, 4) is 5.75 Å². The van der Waals surface area contributed by atoms with Gasteiger partial charge in [-0.2, -0.15) is 0 Å². The molecule has 0 amide bonds. The van der Waals surface area contributed by atoms with Crippen molar-refractivity contribution in [2.24, 2.45) is 0 Å². The van der Waals surface area contributed by atoms with E-state index in [1.807, 2.05) is 54.7 Å². The maximum absolute atomic E-state index is 9.37. The number of aromatic nitrogens is 1. The average molecular weight is 294 g/mol. The van der Waals surface area contributed by atoms with Crippen molar-refractivity contribution in [1.29, 1.82) is 0 Å². The quantitative estimate of drug-likeness (QED) is 0.400. The van der Waals surface area contributed by atoms with E-state index in [2.05, 4.69) is 23.2 Å². The van der Waals surface area contributed by atoms with E-state index in [0.29, 0.717) is 5.75 Å². The van der Waals surface area contributed by atoms with Crippen LogP contribution in [0.1, 0.15) is 7.43 Å². The molecule has 1 aromatic heterocycles. The number of aromatic hydroxyl groups is 1. The first-order valence-electron chi connectivity index (χ1n) is 6.53. The van der Waals surface area contributed by atoms with E-state index in [4.69, 9.17) is 0 Å². The fraction of sp³-hybridized carbons (Fsp3) is 0.0526. The van der Waals surface area contributed by atoms with E-state index in [9.17, 15) is 5.11 Å². The topological polar surface area (TPSA) is 71.0 Å². The van der Waals surface area contributed by atoms with Gasteiger partial charge < -0.3 is 16.2 Å². The maximum atomic E-state index is 9.37. The summed E-state index contributed by atoms with van der Waals surface area (Å²) >= 11 is 0. The summed E-state index contributed by atoms with van der Waals surface area (Å²) in [6, 6.07) is 23.6. The lowest BCUT2D eigenvalue weighted by Gasteiger charge is -1.97. The van der Waals surface area contributed by atoms with Crippen molar-refractivity contribution in [1.82, 2.24) is 11.1 Å². The minimum Gasteiger partial charge on any atom is -0.507 e. The van der Waals surface area contributed by atoms with Crippen LogP contribution in [0, 0.1) is 0 Å². The Labute approximate surface area is 130 Å². The van der Waals surface area contributed by atoms with Crippen LogP contribution in [-0.4, -0.2) is 10.1 Å². The van der Waals surface area contributed by atoms with Gasteiger partial charge in [0.2, 0.25) is 0 Å². The molecule has 0 aliphatic rings. The van der Waals surface area contributed by atoms with E-state index in [1.165, 1.54) is 10.9 Å². The number of hydrogen-bond donors (Lipinski definition) is 3. The zero-order valence-electron chi connectivity index (χ0n) is 11.7. The highest BCUT2D eigenvalue weighted by molar-refractivity contribution is 5.87. The molecule has 22 heavy (non-hydrogen) atoms. The Morgan fingerprint density at radius 1 is 0.682 bits per heavy atom. The van der Waals surface area contributed by atoms with Crippen LogP contribution in [0.25, 0.3) is 21.7 Å². The molecule has 0 aliphatic heterocycles. The highest BCUT2D eigenvalue weighted by Crippen LogP contribution is 2.22. The first-order valence-corrected chi connectivity index (χ1v) is 6.53. The van der Waals surface area contributed by atoms with Crippen molar-refractivity contribution in [2.45, 2.75) is 7.43 Å². The van der Waals surface area contributed by atoms with Crippen LogP contribution in [0.3, 0.4) is 0 Å². The molecular formula is C19H22N2O. The minimum absolute atomic E-state index is 0. The SMILES string of the molecule is C.N.Oc1cccc2ccccc12.c1ccc2[nH]ccc2c1. The lowest BCUT2D eigenvalue weighted by atomic mass is 10.1. The van der Waals surface area contributed by atoms with E-state index in [-0.39, 0.29) is 13.6 Å². The highest BCUT2D eigenvalue weighted by Gasteiger charge is 1.94. The molecule has 0 saturated carbocycles. The summed E-state index contributed by atoms with van der Waals surface area (Å²) in [5.74, 6) is 0.350. The second-order valence-electron chi connectivity index (χ2n) is 4.56. The number of fused-ring (bicyclic) bond motifs is 2. The van der Waals surface area contributed by atoms with Crippen LogP contribution in [0.5, 0.6) is 5.75 Å². The summed E-state index contributed by atoms with van der Waals surface area (Å²) < 4.78 is 0. The van der Waals surface area contributed by atoms with Gasteiger partial charge in [-0.15, -0.1) is 0 Å². The maximum Gasteiger partial charge on any atom is 0.123 e. The molecule has 0 radical (unpaired) electrons. The van der Waals surface area contributed by atoms with E-state index < -0.39 is 0 Å². The van der Waals surface area contributed by atoms with E-state index in [0.717, 1.165) is 10.8 Å². The predicted octanol–water partition coefficient (Wildman–Crippen LogP) is 5.51. The van der Waals surface area contributed by atoms with Crippen LogP contribution in [0.4, 0.5) is 0 Å². The Morgan fingerprint density at radius 3 is 2.05 bits per heavy atom. The minimum atomic E-state index is 0. The molecule has 4 aromatic rings. The highest BCUT2D eigenvalue weighted by atomic mass is 16.3. The monoisotopic (exact) mass is 294 g/mol. The Balaban J connectivity index is 0.000000205. The lowest BCUT2D eigenvalue weighted by Crippen LogP contribution is -1.70. The first-order chi connectivity index (χ1) is 9.84. The number of H-pyrrole nitrogens is 1. The molecular weight excluding hydrogens is 272 g/mol. The molecule has 0 saturated heterocycles. The van der Waals surface area contributed by atoms with Crippen molar-refractivity contribution in [3.05, 3.63) is 79.0 Å². The molecule has 0 unspecified atom stereocenters. The van der Waals surface area contributed by atoms with Crippen molar-refractivity contribution in [2.75, 3.05) is 0 Å². The Hall–Kier alpha value is -2.78. The number of phenolic OH excluding ortho intramolecular Hbond substituents is 1. The van der Waals surface area contributed by atoms with Gasteiger partial charge in [-0.3, -0.25) is 0 Å². The number of phenols is 1. The van der Waals surface area contributed by atoms with Gasteiger partial charge >= 0.3 is 0 Å². The van der Waals surface area contributed by atoms with Crippen LogP contribution in [0.15, 0.2) is 79.0 Å². The number of rotatable bonds is 0. The summed E-state index contributed by atoms with van der Waals surface area (Å²) in [5, 5.41) is 12.6. The second kappa shape index (κ2) is 7.86. The Bertz CT molecular complexity index is 801. The third-order valence-corrected chi connectivity index (χ3v) is 3.23. The van der Waals surface area contributed by atoms with Gasteiger partial charge in [0, 0.05) is 17.1 Å². The van der Waals surface area contributed by atoms with Crippen LogP contribution < -0.4 is 6.15 Å². The van der Waals surface area contributed by atoms with Gasteiger partial charge in [0.1, 0.15) is 5.75 Å². The zero-order valence-corrected chi connectivity index (χ0v) is 11.7. The fourth-order valence-corrected chi connectivity index (χ4v) is 2.20. The van der Waals surface area contributed by atoms with E-state index >= 15 is 0 Å². The second-order valence-corrected chi connectivity index (χ2v) is 4.56. The molecule has 3 nitrogen and oxygen atoms in total. The van der Waals surface area contributed by atoms with Gasteiger partial charge in [-0.05, 0) is 29.0 Å². The number of aromatic amines is 1. The largest absolute Gasteiger partial charge is 0.507 e. The molecule has 0 atom stereocenters. The normalized spacial score (nSPS) is 9.27. The fourth-order valence-electron chi connectivity index (χ4n) is 2.20. The Kier molecular flexibility index (Phi) is 6.17. The summed E-state index contributed by atoms with van der Waals surface area (Å²) in [6.07, 6.45) is 1.95. The summed E-state index contributed by atoms with van der Waals surface area (Å²) in [7, 11) is 0. The first kappa shape index (κ1) is 17.3. The third kappa shape index (κ3) is 3.65. The van der Waals surface area contributed by atoms with Gasteiger partial charge in [-0.25, -0.2) is 0 Å². The number of para-hydroxylation sites is 1. The molecule has 3 heteroatoms. The predicted molar refractivity (Wildman–Crippen MR) is 95.7 cm³/mol. The molecule has 0 bridgehead atoms. The number of nitrogens with one attached hydrogen (secondary N) is 1. The van der Waals surface area contributed by atoms with Crippen LogP contribution >= 0.6 is 0 Å². The third-order valence-electron chi connectivity index (χ3n) is 3.23. The zero-order chi connectivity index (χ0) is 13.8. The molecule has 0 spiro atoms. The van der Waals surface area contributed by atoms with Crippen molar-refractivity contribution < 1.29 is 5.11 Å². The molecule has 1 heterocycles. The summed E-state index contributed by atoms with van der Waals surface area (Å²) in [6.45, 7) is 0. The van der Waals surface area contributed by atoms with Crippen LogP contribution in [-0.2, 0) is 0 Å². The van der Waals surface area contributed by atoms with Gasteiger partial charge in [0.05, 0.1) is 0 Å². The molecule has 5 N–H and O–H groups in total. The molecule has 114 valence electrons. The average Bonchev–Trinajstić information content (AvgIpc) is 2.97. The molecule has 3 aromatic carbocycles.